The fourth-order valence-corrected chi connectivity index (χ4v) is 3.44. The van der Waals surface area contributed by atoms with Crippen LogP contribution in [0, 0.1) is 11.8 Å². The van der Waals surface area contributed by atoms with Gasteiger partial charge in [0.1, 0.15) is 0 Å². The first-order valence-electron chi connectivity index (χ1n) is 9.55. The topological polar surface area (TPSA) is 58.6 Å². The molecule has 2 aliphatic rings. The van der Waals surface area contributed by atoms with E-state index in [0.717, 1.165) is 71.5 Å². The lowest BCUT2D eigenvalue weighted by atomic mass is 10.1. The lowest BCUT2D eigenvalue weighted by Crippen LogP contribution is -2.45. The second kappa shape index (κ2) is 11.7. The number of hydrogen-bond acceptors (Lipinski definition) is 5. The van der Waals surface area contributed by atoms with E-state index in [1.165, 1.54) is 0 Å². The number of nitrogens with zero attached hydrogens (tertiary/aromatic N) is 3. The molecule has 0 aromatic carbocycles. The number of likely N-dealkylation sites (tertiary alicyclic amines) is 1. The van der Waals surface area contributed by atoms with E-state index in [0.29, 0.717) is 25.0 Å². The molecule has 2 fully saturated rings. The number of aliphatic imine (C=N–C) groups is 1. The molecular formula is C18H36N4O3. The van der Waals surface area contributed by atoms with E-state index >= 15 is 0 Å². The number of guanidine groups is 1. The van der Waals surface area contributed by atoms with Crippen molar-refractivity contribution >= 4 is 5.96 Å². The number of ether oxygens (including phenoxy) is 3. The first-order chi connectivity index (χ1) is 12.2. The Balaban J connectivity index is 1.64. The molecule has 146 valence electrons. The smallest absolute Gasteiger partial charge is 0.193 e. The molecule has 0 aromatic rings. The maximum atomic E-state index is 5.67. The highest BCUT2D eigenvalue weighted by Gasteiger charge is 2.25. The van der Waals surface area contributed by atoms with E-state index < -0.39 is 0 Å². The molecule has 0 radical (unpaired) electrons. The molecule has 7 heteroatoms. The summed E-state index contributed by atoms with van der Waals surface area (Å²) in [5, 5.41) is 3.55. The number of morpholine rings is 1. The monoisotopic (exact) mass is 356 g/mol. The van der Waals surface area contributed by atoms with Crippen LogP contribution < -0.4 is 5.32 Å². The van der Waals surface area contributed by atoms with E-state index in [2.05, 4.69) is 27.0 Å². The van der Waals surface area contributed by atoms with Gasteiger partial charge in [0, 0.05) is 59.3 Å². The van der Waals surface area contributed by atoms with Gasteiger partial charge < -0.3 is 24.4 Å². The Morgan fingerprint density at radius 1 is 1.28 bits per heavy atom. The van der Waals surface area contributed by atoms with Crippen LogP contribution in [0.3, 0.4) is 0 Å². The molecule has 2 heterocycles. The molecule has 2 rings (SSSR count). The molecule has 25 heavy (non-hydrogen) atoms. The van der Waals surface area contributed by atoms with Gasteiger partial charge in [-0.05, 0) is 12.3 Å². The zero-order chi connectivity index (χ0) is 17.9. The van der Waals surface area contributed by atoms with Gasteiger partial charge in [0.15, 0.2) is 5.96 Å². The van der Waals surface area contributed by atoms with Crippen molar-refractivity contribution in [2.45, 2.75) is 13.3 Å². The first kappa shape index (κ1) is 20.4. The molecule has 0 bridgehead atoms. The molecule has 0 saturated carbocycles. The van der Waals surface area contributed by atoms with E-state index in [-0.39, 0.29) is 0 Å². The maximum Gasteiger partial charge on any atom is 0.193 e. The quantitative estimate of drug-likeness (QED) is 0.369. The molecule has 2 aliphatic heterocycles. The third-order valence-electron chi connectivity index (χ3n) is 4.86. The van der Waals surface area contributed by atoms with Crippen molar-refractivity contribution in [1.29, 1.82) is 0 Å². The third-order valence-corrected chi connectivity index (χ3v) is 4.86. The minimum atomic E-state index is 0.584. The predicted molar refractivity (Wildman–Crippen MR) is 100 cm³/mol. The summed E-state index contributed by atoms with van der Waals surface area (Å²) < 4.78 is 16.1. The van der Waals surface area contributed by atoms with E-state index in [4.69, 9.17) is 14.2 Å². The maximum absolute atomic E-state index is 5.67. The second-order valence-electron chi connectivity index (χ2n) is 7.11. The normalized spacial score (nSPS) is 23.9. The highest BCUT2D eigenvalue weighted by molar-refractivity contribution is 5.80. The minimum Gasteiger partial charge on any atom is -0.382 e. The Hall–Kier alpha value is -0.890. The van der Waals surface area contributed by atoms with E-state index in [1.807, 2.05) is 7.05 Å². The van der Waals surface area contributed by atoms with Crippen molar-refractivity contribution in [2.75, 3.05) is 86.5 Å². The summed E-state index contributed by atoms with van der Waals surface area (Å²) in [6.45, 7) is 12.4. The molecule has 1 N–H and O–H groups in total. The zero-order valence-electron chi connectivity index (χ0n) is 16.2. The molecule has 2 unspecified atom stereocenters. The van der Waals surface area contributed by atoms with E-state index in [1.54, 1.807) is 7.11 Å². The summed E-state index contributed by atoms with van der Waals surface area (Å²) in [7, 11) is 3.58. The number of nitrogens with one attached hydrogen (secondary N) is 1. The third kappa shape index (κ3) is 7.48. The summed E-state index contributed by atoms with van der Waals surface area (Å²) in [5.74, 6) is 2.19. The standard InChI is InChI=1S/C18H36N4O3/c1-16(13-21-6-8-24-9-7-21)12-20-18(19-2)22-5-4-17(14-22)15-25-11-10-23-3/h16-17H,4-15H2,1-3H3,(H,19,20). The average Bonchev–Trinajstić information content (AvgIpc) is 3.09. The van der Waals surface area contributed by atoms with Gasteiger partial charge in [0.2, 0.25) is 0 Å². The van der Waals surface area contributed by atoms with Crippen molar-refractivity contribution in [3.05, 3.63) is 0 Å². The summed E-state index contributed by atoms with van der Waals surface area (Å²) in [6.07, 6.45) is 1.16. The lowest BCUT2D eigenvalue weighted by Gasteiger charge is -2.30. The van der Waals surface area contributed by atoms with Gasteiger partial charge in [-0.2, -0.15) is 0 Å². The van der Waals surface area contributed by atoms with Crippen molar-refractivity contribution in [1.82, 2.24) is 15.1 Å². The second-order valence-corrected chi connectivity index (χ2v) is 7.11. The Morgan fingerprint density at radius 3 is 2.80 bits per heavy atom. The lowest BCUT2D eigenvalue weighted by molar-refractivity contribution is 0.0320. The number of methoxy groups -OCH3 is 1. The van der Waals surface area contributed by atoms with Crippen molar-refractivity contribution in [3.63, 3.8) is 0 Å². The van der Waals surface area contributed by atoms with Gasteiger partial charge >= 0.3 is 0 Å². The zero-order valence-corrected chi connectivity index (χ0v) is 16.2. The van der Waals surface area contributed by atoms with Gasteiger partial charge in [-0.1, -0.05) is 6.92 Å². The fourth-order valence-electron chi connectivity index (χ4n) is 3.44. The van der Waals surface area contributed by atoms with Crippen molar-refractivity contribution in [2.24, 2.45) is 16.8 Å². The summed E-state index contributed by atoms with van der Waals surface area (Å²) in [5.41, 5.74) is 0. The van der Waals surface area contributed by atoms with Crippen LogP contribution in [-0.2, 0) is 14.2 Å². The van der Waals surface area contributed by atoms with Crippen LogP contribution in [0.5, 0.6) is 0 Å². The highest BCUT2D eigenvalue weighted by Crippen LogP contribution is 2.16. The predicted octanol–water partition coefficient (Wildman–Crippen LogP) is 0.515. The van der Waals surface area contributed by atoms with Crippen LogP contribution >= 0.6 is 0 Å². The SMILES string of the molecule is CN=C(NCC(C)CN1CCOCC1)N1CCC(COCCOC)C1. The molecule has 2 saturated heterocycles. The van der Waals surface area contributed by atoms with Gasteiger partial charge in [-0.25, -0.2) is 0 Å². The van der Waals surface area contributed by atoms with Gasteiger partial charge in [0.05, 0.1) is 33.0 Å². The molecule has 2 atom stereocenters. The Kier molecular flexibility index (Phi) is 9.54. The summed E-state index contributed by atoms with van der Waals surface area (Å²) in [6, 6.07) is 0. The van der Waals surface area contributed by atoms with Crippen LogP contribution in [0.15, 0.2) is 4.99 Å². The largest absolute Gasteiger partial charge is 0.382 e. The van der Waals surface area contributed by atoms with Crippen molar-refractivity contribution in [3.8, 4) is 0 Å². The van der Waals surface area contributed by atoms with Gasteiger partial charge in [-0.15, -0.1) is 0 Å². The molecule has 0 spiro atoms. The van der Waals surface area contributed by atoms with Crippen LogP contribution in [0.4, 0.5) is 0 Å². The molecular weight excluding hydrogens is 320 g/mol. The summed E-state index contributed by atoms with van der Waals surface area (Å²) in [4.78, 5) is 9.31. The minimum absolute atomic E-state index is 0.584. The average molecular weight is 357 g/mol. The van der Waals surface area contributed by atoms with Crippen molar-refractivity contribution < 1.29 is 14.2 Å². The van der Waals surface area contributed by atoms with Crippen LogP contribution in [-0.4, -0.2) is 102 Å². The first-order valence-corrected chi connectivity index (χ1v) is 9.55. The van der Waals surface area contributed by atoms with E-state index in [9.17, 15) is 0 Å². The molecule has 0 aromatic heterocycles. The Morgan fingerprint density at radius 2 is 2.08 bits per heavy atom. The van der Waals surface area contributed by atoms with Gasteiger partial charge in [-0.3, -0.25) is 9.89 Å². The Labute approximate surface area is 152 Å². The number of hydrogen-bond donors (Lipinski definition) is 1. The van der Waals surface area contributed by atoms with Gasteiger partial charge in [0.25, 0.3) is 0 Å². The fraction of sp³-hybridized carbons (Fsp3) is 0.944. The highest BCUT2D eigenvalue weighted by atomic mass is 16.5. The van der Waals surface area contributed by atoms with Crippen LogP contribution in [0.1, 0.15) is 13.3 Å². The van der Waals surface area contributed by atoms with Crippen LogP contribution in [0.25, 0.3) is 0 Å². The Bertz CT molecular complexity index is 389. The van der Waals surface area contributed by atoms with Crippen LogP contribution in [0.2, 0.25) is 0 Å². The molecule has 0 aliphatic carbocycles. The molecule has 0 amide bonds. The molecule has 7 nitrogen and oxygen atoms in total. The summed E-state index contributed by atoms with van der Waals surface area (Å²) >= 11 is 0. The number of rotatable bonds is 9.